The van der Waals surface area contributed by atoms with E-state index >= 15 is 0 Å². The molecule has 0 aliphatic carbocycles. The van der Waals surface area contributed by atoms with E-state index in [4.69, 9.17) is 9.47 Å². The molecule has 1 aromatic carbocycles. The van der Waals surface area contributed by atoms with Gasteiger partial charge >= 0.3 is 0 Å². The van der Waals surface area contributed by atoms with E-state index < -0.39 is 0 Å². The number of hydrogen-bond acceptors (Lipinski definition) is 3. The standard InChI is InChI=1S/C14H20BrNO2/c1-9(2)18-14-12(17-3)7-6-10(15)13(14)11-5-4-8-16-11/h6-7,9,11,16H,4-5,8H2,1-3H3. The molecule has 0 bridgehead atoms. The van der Waals surface area contributed by atoms with Crippen LogP contribution in [-0.2, 0) is 0 Å². The van der Waals surface area contributed by atoms with Gasteiger partial charge in [-0.05, 0) is 45.4 Å². The zero-order chi connectivity index (χ0) is 13.1. The summed E-state index contributed by atoms with van der Waals surface area (Å²) in [5.74, 6) is 1.66. The van der Waals surface area contributed by atoms with Gasteiger partial charge in [0.1, 0.15) is 0 Å². The van der Waals surface area contributed by atoms with E-state index in [1.54, 1.807) is 7.11 Å². The van der Waals surface area contributed by atoms with Crippen molar-refractivity contribution in [3.05, 3.63) is 22.2 Å². The fraction of sp³-hybridized carbons (Fsp3) is 0.571. The van der Waals surface area contributed by atoms with Crippen molar-refractivity contribution in [2.45, 2.75) is 38.8 Å². The molecule has 1 N–H and O–H groups in total. The summed E-state index contributed by atoms with van der Waals surface area (Å²) in [5.41, 5.74) is 1.18. The molecule has 18 heavy (non-hydrogen) atoms. The monoisotopic (exact) mass is 313 g/mol. The first kappa shape index (κ1) is 13.7. The number of rotatable bonds is 4. The largest absolute Gasteiger partial charge is 0.493 e. The van der Waals surface area contributed by atoms with Crippen molar-refractivity contribution in [3.8, 4) is 11.5 Å². The lowest BCUT2D eigenvalue weighted by Gasteiger charge is -2.22. The molecule has 1 unspecified atom stereocenters. The SMILES string of the molecule is COc1ccc(Br)c(C2CCCN2)c1OC(C)C. The van der Waals surface area contributed by atoms with Gasteiger partial charge in [0.25, 0.3) is 0 Å². The fourth-order valence-electron chi connectivity index (χ4n) is 2.33. The molecule has 1 fully saturated rings. The Morgan fingerprint density at radius 1 is 1.39 bits per heavy atom. The molecule has 0 aromatic heterocycles. The van der Waals surface area contributed by atoms with Crippen LogP contribution in [0.15, 0.2) is 16.6 Å². The molecule has 0 amide bonds. The molecule has 3 nitrogen and oxygen atoms in total. The molecule has 2 rings (SSSR count). The molecule has 4 heteroatoms. The van der Waals surface area contributed by atoms with Crippen LogP contribution in [0.4, 0.5) is 0 Å². The third kappa shape index (κ3) is 2.81. The first-order valence-electron chi connectivity index (χ1n) is 6.40. The summed E-state index contributed by atoms with van der Waals surface area (Å²) in [4.78, 5) is 0. The van der Waals surface area contributed by atoms with Gasteiger partial charge in [-0.3, -0.25) is 0 Å². The molecule has 1 aromatic rings. The summed E-state index contributed by atoms with van der Waals surface area (Å²) in [6, 6.07) is 4.32. The van der Waals surface area contributed by atoms with E-state index in [2.05, 4.69) is 21.2 Å². The van der Waals surface area contributed by atoms with Gasteiger partial charge in [-0.2, -0.15) is 0 Å². The molecular formula is C14H20BrNO2. The number of benzene rings is 1. The van der Waals surface area contributed by atoms with Gasteiger partial charge in [0.2, 0.25) is 0 Å². The topological polar surface area (TPSA) is 30.5 Å². The molecule has 1 aliphatic heterocycles. The van der Waals surface area contributed by atoms with Gasteiger partial charge < -0.3 is 14.8 Å². The second-order valence-corrected chi connectivity index (χ2v) is 5.66. The number of ether oxygens (including phenoxy) is 2. The molecule has 0 radical (unpaired) electrons. The zero-order valence-corrected chi connectivity index (χ0v) is 12.7. The van der Waals surface area contributed by atoms with Crippen LogP contribution in [0.25, 0.3) is 0 Å². The summed E-state index contributed by atoms with van der Waals surface area (Å²) in [6.45, 7) is 5.13. The van der Waals surface area contributed by atoms with Gasteiger partial charge in [0.15, 0.2) is 11.5 Å². The van der Waals surface area contributed by atoms with Crippen molar-refractivity contribution < 1.29 is 9.47 Å². The maximum atomic E-state index is 5.97. The Labute approximate surface area is 117 Å². The first-order valence-corrected chi connectivity index (χ1v) is 7.19. The Morgan fingerprint density at radius 3 is 2.72 bits per heavy atom. The minimum atomic E-state index is 0.133. The highest BCUT2D eigenvalue weighted by atomic mass is 79.9. The molecule has 1 saturated heterocycles. The first-order chi connectivity index (χ1) is 8.63. The third-order valence-corrected chi connectivity index (χ3v) is 3.78. The number of methoxy groups -OCH3 is 1. The van der Waals surface area contributed by atoms with Crippen LogP contribution in [0.5, 0.6) is 11.5 Å². The summed E-state index contributed by atoms with van der Waals surface area (Å²) >= 11 is 3.63. The maximum absolute atomic E-state index is 5.97. The highest BCUT2D eigenvalue weighted by molar-refractivity contribution is 9.10. The normalized spacial score (nSPS) is 19.3. The van der Waals surface area contributed by atoms with Crippen molar-refractivity contribution in [3.63, 3.8) is 0 Å². The van der Waals surface area contributed by atoms with Crippen LogP contribution in [-0.4, -0.2) is 19.8 Å². The van der Waals surface area contributed by atoms with E-state index in [0.717, 1.165) is 28.9 Å². The van der Waals surface area contributed by atoms with Crippen LogP contribution in [0.3, 0.4) is 0 Å². The molecule has 1 heterocycles. The van der Waals surface area contributed by atoms with Gasteiger partial charge in [0, 0.05) is 16.1 Å². The van der Waals surface area contributed by atoms with Crippen molar-refractivity contribution in [1.82, 2.24) is 5.32 Å². The zero-order valence-electron chi connectivity index (χ0n) is 11.1. The lowest BCUT2D eigenvalue weighted by Crippen LogP contribution is -2.17. The summed E-state index contributed by atoms with van der Waals surface area (Å²) in [5, 5.41) is 3.51. The minimum Gasteiger partial charge on any atom is -0.493 e. The average Bonchev–Trinajstić information content (AvgIpc) is 2.82. The van der Waals surface area contributed by atoms with Crippen molar-refractivity contribution >= 4 is 15.9 Å². The number of nitrogens with one attached hydrogen (secondary N) is 1. The van der Waals surface area contributed by atoms with Crippen molar-refractivity contribution in [2.75, 3.05) is 13.7 Å². The molecule has 1 aliphatic rings. The lowest BCUT2D eigenvalue weighted by atomic mass is 10.0. The lowest BCUT2D eigenvalue weighted by molar-refractivity contribution is 0.225. The number of halogens is 1. The second-order valence-electron chi connectivity index (χ2n) is 4.81. The number of hydrogen-bond donors (Lipinski definition) is 1. The van der Waals surface area contributed by atoms with E-state index in [9.17, 15) is 0 Å². The van der Waals surface area contributed by atoms with E-state index in [0.29, 0.717) is 6.04 Å². The van der Waals surface area contributed by atoms with Crippen LogP contribution >= 0.6 is 15.9 Å². The Balaban J connectivity index is 2.45. The highest BCUT2D eigenvalue weighted by Gasteiger charge is 2.25. The Morgan fingerprint density at radius 2 is 2.17 bits per heavy atom. The van der Waals surface area contributed by atoms with Crippen molar-refractivity contribution in [2.24, 2.45) is 0 Å². The molecule has 1 atom stereocenters. The maximum Gasteiger partial charge on any atom is 0.167 e. The van der Waals surface area contributed by atoms with Gasteiger partial charge in [-0.15, -0.1) is 0 Å². The molecular weight excluding hydrogens is 294 g/mol. The van der Waals surface area contributed by atoms with Gasteiger partial charge in [-0.25, -0.2) is 0 Å². The smallest absolute Gasteiger partial charge is 0.167 e. The predicted octanol–water partition coefficient (Wildman–Crippen LogP) is 3.67. The Hall–Kier alpha value is -0.740. The fourth-order valence-corrected chi connectivity index (χ4v) is 2.92. The Bertz CT molecular complexity index is 415. The molecule has 0 spiro atoms. The minimum absolute atomic E-state index is 0.133. The predicted molar refractivity (Wildman–Crippen MR) is 76.4 cm³/mol. The molecule has 100 valence electrons. The Kier molecular flexibility index (Phi) is 4.51. The summed E-state index contributed by atoms with van der Waals surface area (Å²) in [7, 11) is 1.68. The van der Waals surface area contributed by atoms with E-state index in [1.807, 2.05) is 26.0 Å². The third-order valence-electron chi connectivity index (χ3n) is 3.09. The van der Waals surface area contributed by atoms with Crippen LogP contribution < -0.4 is 14.8 Å². The highest BCUT2D eigenvalue weighted by Crippen LogP contribution is 2.42. The summed E-state index contributed by atoms with van der Waals surface area (Å²) < 4.78 is 12.5. The second kappa shape index (κ2) is 5.93. The average molecular weight is 314 g/mol. The van der Waals surface area contributed by atoms with E-state index in [1.165, 1.54) is 12.0 Å². The van der Waals surface area contributed by atoms with Crippen molar-refractivity contribution in [1.29, 1.82) is 0 Å². The van der Waals surface area contributed by atoms with Crippen LogP contribution in [0, 0.1) is 0 Å². The van der Waals surface area contributed by atoms with Gasteiger partial charge in [-0.1, -0.05) is 15.9 Å². The van der Waals surface area contributed by atoms with Crippen LogP contribution in [0.2, 0.25) is 0 Å². The molecule has 0 saturated carbocycles. The van der Waals surface area contributed by atoms with Crippen LogP contribution in [0.1, 0.15) is 38.3 Å². The van der Waals surface area contributed by atoms with Gasteiger partial charge in [0.05, 0.1) is 13.2 Å². The summed E-state index contributed by atoms with van der Waals surface area (Å²) in [6.07, 6.45) is 2.48. The quantitative estimate of drug-likeness (QED) is 0.920. The van der Waals surface area contributed by atoms with E-state index in [-0.39, 0.29) is 6.10 Å².